The van der Waals surface area contributed by atoms with Crippen molar-refractivity contribution < 1.29 is 0 Å². The van der Waals surface area contributed by atoms with Crippen LogP contribution in [0.15, 0.2) is 121 Å². The van der Waals surface area contributed by atoms with E-state index in [0.29, 0.717) is 17.5 Å². The molecular formula is C33H22N4. The average Bonchev–Trinajstić information content (AvgIpc) is 3.37. The third-order valence-corrected chi connectivity index (χ3v) is 6.81. The van der Waals surface area contributed by atoms with Crippen molar-refractivity contribution in [3.8, 4) is 56.5 Å². The largest absolute Gasteiger partial charge is 0.256 e. The van der Waals surface area contributed by atoms with Crippen LogP contribution in [-0.4, -0.2) is 19.9 Å². The van der Waals surface area contributed by atoms with Gasteiger partial charge in [0.2, 0.25) is 0 Å². The van der Waals surface area contributed by atoms with Crippen molar-refractivity contribution in [1.29, 1.82) is 0 Å². The van der Waals surface area contributed by atoms with E-state index in [2.05, 4.69) is 48.5 Å². The summed E-state index contributed by atoms with van der Waals surface area (Å²) in [6.07, 6.45) is 2.80. The highest BCUT2D eigenvalue weighted by atomic mass is 15.0. The van der Waals surface area contributed by atoms with E-state index in [4.69, 9.17) is 19.9 Å². The third kappa shape index (κ3) is 3.89. The van der Waals surface area contributed by atoms with Crippen LogP contribution in [0.4, 0.5) is 0 Å². The standard InChI is InChI=1S/C33H22N4/c1-3-10-22(11-4-1)31-35-32(23-12-5-2-6-13-23)37-33(36-31)26-18-19-34-29(21-26)28-17-9-15-25-20-24-14-7-8-16-27(24)30(25)28/h1-19,21H,20H2. The Balaban J connectivity index is 1.38. The SMILES string of the molecule is c1ccc(-c2nc(-c3ccccc3)nc(-c3ccnc(-c4cccc5c4-c4ccccc4C5)c3)n2)cc1. The molecule has 0 spiro atoms. The molecule has 7 rings (SSSR count). The highest BCUT2D eigenvalue weighted by molar-refractivity contribution is 5.90. The Morgan fingerprint density at radius 2 is 1.03 bits per heavy atom. The molecule has 174 valence electrons. The van der Waals surface area contributed by atoms with Crippen molar-refractivity contribution in [2.45, 2.75) is 6.42 Å². The average molecular weight is 475 g/mol. The van der Waals surface area contributed by atoms with Crippen molar-refractivity contribution in [2.75, 3.05) is 0 Å². The van der Waals surface area contributed by atoms with Crippen molar-refractivity contribution in [1.82, 2.24) is 19.9 Å². The topological polar surface area (TPSA) is 51.6 Å². The Labute approximate surface area is 215 Å². The Bertz CT molecular complexity index is 1690. The fourth-order valence-corrected chi connectivity index (χ4v) is 5.06. The maximum atomic E-state index is 4.89. The van der Waals surface area contributed by atoms with Gasteiger partial charge in [-0.15, -0.1) is 0 Å². The molecule has 0 bridgehead atoms. The van der Waals surface area contributed by atoms with Gasteiger partial charge in [-0.3, -0.25) is 4.98 Å². The first-order chi connectivity index (χ1) is 18.3. The molecule has 0 saturated heterocycles. The van der Waals surface area contributed by atoms with Crippen LogP contribution in [0.25, 0.3) is 56.5 Å². The molecule has 0 saturated carbocycles. The van der Waals surface area contributed by atoms with Gasteiger partial charge in [0.1, 0.15) is 0 Å². The number of nitrogens with zero attached hydrogens (tertiary/aromatic N) is 4. The molecule has 4 heteroatoms. The fraction of sp³-hybridized carbons (Fsp3) is 0.0303. The van der Waals surface area contributed by atoms with Gasteiger partial charge in [-0.05, 0) is 40.8 Å². The van der Waals surface area contributed by atoms with Gasteiger partial charge >= 0.3 is 0 Å². The van der Waals surface area contributed by atoms with E-state index < -0.39 is 0 Å². The summed E-state index contributed by atoms with van der Waals surface area (Å²) < 4.78 is 0. The summed E-state index contributed by atoms with van der Waals surface area (Å²) in [5.41, 5.74) is 10.1. The Morgan fingerprint density at radius 1 is 0.459 bits per heavy atom. The molecule has 0 amide bonds. The van der Waals surface area contributed by atoms with Crippen molar-refractivity contribution in [3.05, 3.63) is 133 Å². The smallest absolute Gasteiger partial charge is 0.164 e. The lowest BCUT2D eigenvalue weighted by Gasteiger charge is -2.11. The van der Waals surface area contributed by atoms with Gasteiger partial charge in [0.15, 0.2) is 17.5 Å². The molecule has 4 nitrogen and oxygen atoms in total. The normalized spacial score (nSPS) is 11.7. The van der Waals surface area contributed by atoms with Gasteiger partial charge in [-0.2, -0.15) is 0 Å². The number of hydrogen-bond donors (Lipinski definition) is 0. The van der Waals surface area contributed by atoms with E-state index in [1.807, 2.05) is 72.9 Å². The zero-order valence-corrected chi connectivity index (χ0v) is 20.0. The summed E-state index contributed by atoms with van der Waals surface area (Å²) in [4.78, 5) is 19.4. The van der Waals surface area contributed by atoms with Crippen LogP contribution in [0.5, 0.6) is 0 Å². The van der Waals surface area contributed by atoms with Crippen LogP contribution >= 0.6 is 0 Å². The molecule has 0 radical (unpaired) electrons. The van der Waals surface area contributed by atoms with Crippen LogP contribution in [0, 0.1) is 0 Å². The molecule has 0 N–H and O–H groups in total. The van der Waals surface area contributed by atoms with E-state index in [-0.39, 0.29) is 0 Å². The lowest BCUT2D eigenvalue weighted by atomic mass is 9.96. The lowest BCUT2D eigenvalue weighted by molar-refractivity contribution is 1.07. The van der Waals surface area contributed by atoms with Crippen molar-refractivity contribution >= 4 is 0 Å². The maximum Gasteiger partial charge on any atom is 0.164 e. The van der Waals surface area contributed by atoms with Gasteiger partial charge in [-0.25, -0.2) is 15.0 Å². The molecule has 4 aromatic carbocycles. The first kappa shape index (κ1) is 21.3. The molecule has 0 unspecified atom stereocenters. The van der Waals surface area contributed by atoms with E-state index in [1.54, 1.807) is 0 Å². The predicted molar refractivity (Wildman–Crippen MR) is 148 cm³/mol. The highest BCUT2D eigenvalue weighted by Crippen LogP contribution is 2.42. The summed E-state index contributed by atoms with van der Waals surface area (Å²) in [6, 6.07) is 39.3. The number of rotatable bonds is 4. The summed E-state index contributed by atoms with van der Waals surface area (Å²) in [6.45, 7) is 0. The summed E-state index contributed by atoms with van der Waals surface area (Å²) in [7, 11) is 0. The third-order valence-electron chi connectivity index (χ3n) is 6.81. The number of fused-ring (bicyclic) bond motifs is 3. The minimum Gasteiger partial charge on any atom is -0.256 e. The predicted octanol–water partition coefficient (Wildman–Crippen LogP) is 7.51. The van der Waals surface area contributed by atoms with E-state index >= 15 is 0 Å². The van der Waals surface area contributed by atoms with Gasteiger partial charge in [0.25, 0.3) is 0 Å². The molecule has 1 aliphatic carbocycles. The first-order valence-corrected chi connectivity index (χ1v) is 12.4. The summed E-state index contributed by atoms with van der Waals surface area (Å²) in [5, 5.41) is 0. The zero-order chi connectivity index (χ0) is 24.6. The van der Waals surface area contributed by atoms with Gasteiger partial charge in [0.05, 0.1) is 5.69 Å². The van der Waals surface area contributed by atoms with Gasteiger partial charge in [-0.1, -0.05) is 103 Å². The second kappa shape index (κ2) is 8.92. The second-order valence-corrected chi connectivity index (χ2v) is 9.14. The lowest BCUT2D eigenvalue weighted by Crippen LogP contribution is -2.00. The minimum absolute atomic E-state index is 0.629. The van der Waals surface area contributed by atoms with E-state index in [1.165, 1.54) is 22.3 Å². The van der Waals surface area contributed by atoms with Gasteiger partial charge < -0.3 is 0 Å². The first-order valence-electron chi connectivity index (χ1n) is 12.4. The molecule has 1 aliphatic rings. The molecule has 37 heavy (non-hydrogen) atoms. The van der Waals surface area contributed by atoms with Crippen LogP contribution in [-0.2, 0) is 6.42 Å². The molecule has 0 aliphatic heterocycles. The molecule has 6 aromatic rings. The molecule has 2 heterocycles. The van der Waals surface area contributed by atoms with Crippen molar-refractivity contribution in [2.24, 2.45) is 0 Å². The summed E-state index contributed by atoms with van der Waals surface area (Å²) >= 11 is 0. The van der Waals surface area contributed by atoms with E-state index in [9.17, 15) is 0 Å². The quantitative estimate of drug-likeness (QED) is 0.265. The number of benzene rings is 4. The number of pyridine rings is 1. The highest BCUT2D eigenvalue weighted by Gasteiger charge is 2.22. The van der Waals surface area contributed by atoms with Crippen LogP contribution in [0.1, 0.15) is 11.1 Å². The van der Waals surface area contributed by atoms with E-state index in [0.717, 1.165) is 34.4 Å². The van der Waals surface area contributed by atoms with Crippen LogP contribution in [0.2, 0.25) is 0 Å². The van der Waals surface area contributed by atoms with Crippen LogP contribution < -0.4 is 0 Å². The number of aromatic nitrogens is 4. The Kier molecular flexibility index (Phi) is 5.14. The maximum absolute atomic E-state index is 4.89. The van der Waals surface area contributed by atoms with Crippen LogP contribution in [0.3, 0.4) is 0 Å². The molecule has 0 fully saturated rings. The molecule has 2 aromatic heterocycles. The monoisotopic (exact) mass is 474 g/mol. The fourth-order valence-electron chi connectivity index (χ4n) is 5.06. The zero-order valence-electron chi connectivity index (χ0n) is 20.0. The Hall–Kier alpha value is -4.96. The number of hydrogen-bond acceptors (Lipinski definition) is 4. The summed E-state index contributed by atoms with van der Waals surface area (Å²) in [5.74, 6) is 1.93. The van der Waals surface area contributed by atoms with Crippen molar-refractivity contribution in [3.63, 3.8) is 0 Å². The van der Waals surface area contributed by atoms with Gasteiger partial charge in [0, 0.05) is 28.5 Å². The Morgan fingerprint density at radius 3 is 1.73 bits per heavy atom. The molecule has 0 atom stereocenters. The minimum atomic E-state index is 0.629. The second-order valence-electron chi connectivity index (χ2n) is 9.14. The molecular weight excluding hydrogens is 452 g/mol.